The van der Waals surface area contributed by atoms with Gasteiger partial charge in [-0.05, 0) is 44.7 Å². The van der Waals surface area contributed by atoms with E-state index in [1.807, 2.05) is 6.92 Å². The first-order valence-electron chi connectivity index (χ1n) is 8.63. The van der Waals surface area contributed by atoms with Gasteiger partial charge in [-0.2, -0.15) is 0 Å². The van der Waals surface area contributed by atoms with Gasteiger partial charge in [0, 0.05) is 12.1 Å². The van der Waals surface area contributed by atoms with E-state index < -0.39 is 0 Å². The van der Waals surface area contributed by atoms with E-state index in [1.165, 1.54) is 37.7 Å². The van der Waals surface area contributed by atoms with Crippen LogP contribution in [0, 0.1) is 12.8 Å². The maximum atomic E-state index is 6.08. The van der Waals surface area contributed by atoms with Crippen LogP contribution in [0.5, 0.6) is 0 Å². The molecule has 0 radical (unpaired) electrons. The zero-order valence-corrected chi connectivity index (χ0v) is 13.9. The van der Waals surface area contributed by atoms with Crippen molar-refractivity contribution in [2.75, 3.05) is 6.54 Å². The summed E-state index contributed by atoms with van der Waals surface area (Å²) in [6.07, 6.45) is 7.99. The minimum atomic E-state index is 0.427. The fraction of sp³-hybridized carbons (Fsp3) is 0.778. The van der Waals surface area contributed by atoms with E-state index in [0.717, 1.165) is 36.9 Å². The minimum Gasteiger partial charge on any atom is -0.464 e. The Kier molecular flexibility index (Phi) is 6.78. The topological polar surface area (TPSA) is 34.4 Å². The molecule has 2 atom stereocenters. The average molecular weight is 293 g/mol. The van der Waals surface area contributed by atoms with Crippen LogP contribution in [0.3, 0.4) is 0 Å². The number of nitrogens with one attached hydrogen (secondary N) is 1. The molecule has 120 valence electrons. The third-order valence-corrected chi connectivity index (χ3v) is 4.59. The fourth-order valence-corrected chi connectivity index (χ4v) is 3.20. The number of hydrogen-bond acceptors (Lipinski definition) is 3. The van der Waals surface area contributed by atoms with Crippen LogP contribution in [0.4, 0.5) is 0 Å². The van der Waals surface area contributed by atoms with Gasteiger partial charge in [0.1, 0.15) is 18.1 Å². The predicted molar refractivity (Wildman–Crippen MR) is 86.3 cm³/mol. The molecule has 1 aliphatic carbocycles. The van der Waals surface area contributed by atoms with Gasteiger partial charge < -0.3 is 14.5 Å². The summed E-state index contributed by atoms with van der Waals surface area (Å²) >= 11 is 0. The molecule has 21 heavy (non-hydrogen) atoms. The normalized spacial score (nSPS) is 22.6. The first kappa shape index (κ1) is 16.6. The Morgan fingerprint density at radius 2 is 2.19 bits per heavy atom. The van der Waals surface area contributed by atoms with Gasteiger partial charge in [0.2, 0.25) is 0 Å². The van der Waals surface area contributed by atoms with E-state index in [9.17, 15) is 0 Å². The first-order chi connectivity index (χ1) is 10.2. The second kappa shape index (κ2) is 8.60. The zero-order valence-electron chi connectivity index (χ0n) is 13.9. The summed E-state index contributed by atoms with van der Waals surface area (Å²) in [5.74, 6) is 2.85. The molecule has 1 saturated carbocycles. The van der Waals surface area contributed by atoms with Gasteiger partial charge in [0.15, 0.2) is 0 Å². The third-order valence-electron chi connectivity index (χ3n) is 4.59. The molecule has 0 aliphatic heterocycles. The van der Waals surface area contributed by atoms with Crippen molar-refractivity contribution in [2.45, 2.75) is 78.6 Å². The largest absolute Gasteiger partial charge is 0.464 e. The minimum absolute atomic E-state index is 0.427. The summed E-state index contributed by atoms with van der Waals surface area (Å²) in [6, 6.07) is 2.15. The Bertz CT molecular complexity index is 413. The van der Waals surface area contributed by atoms with Gasteiger partial charge in [0.25, 0.3) is 0 Å². The number of hydrogen-bond donors (Lipinski definition) is 1. The Hall–Kier alpha value is -0.800. The average Bonchev–Trinajstić information content (AvgIpc) is 2.86. The number of rotatable bonds is 8. The third kappa shape index (κ3) is 5.15. The van der Waals surface area contributed by atoms with Crippen LogP contribution >= 0.6 is 0 Å². The second-order valence-electron chi connectivity index (χ2n) is 6.34. The van der Waals surface area contributed by atoms with Gasteiger partial charge in [-0.3, -0.25) is 0 Å². The van der Waals surface area contributed by atoms with Crippen molar-refractivity contribution in [1.82, 2.24) is 5.32 Å². The second-order valence-corrected chi connectivity index (χ2v) is 6.34. The monoisotopic (exact) mass is 293 g/mol. The lowest BCUT2D eigenvalue weighted by Gasteiger charge is -2.28. The molecule has 1 aromatic rings. The van der Waals surface area contributed by atoms with Crippen LogP contribution in [-0.4, -0.2) is 12.6 Å². The lowest BCUT2D eigenvalue weighted by molar-refractivity contribution is -0.00556. The van der Waals surface area contributed by atoms with Gasteiger partial charge in [0.05, 0.1) is 6.10 Å². The molecule has 1 aromatic heterocycles. The Morgan fingerprint density at radius 3 is 2.95 bits per heavy atom. The van der Waals surface area contributed by atoms with Crippen molar-refractivity contribution in [1.29, 1.82) is 0 Å². The Balaban J connectivity index is 1.79. The van der Waals surface area contributed by atoms with Crippen LogP contribution in [-0.2, 0) is 17.9 Å². The molecular weight excluding hydrogens is 262 g/mol. The SMILES string of the molecule is CCCNCc1cc(COC2CCCC(CC)C2)oc1C. The van der Waals surface area contributed by atoms with Crippen molar-refractivity contribution in [2.24, 2.45) is 5.92 Å². The highest BCUT2D eigenvalue weighted by Gasteiger charge is 2.21. The summed E-state index contributed by atoms with van der Waals surface area (Å²) in [5.41, 5.74) is 1.26. The summed E-state index contributed by atoms with van der Waals surface area (Å²) < 4.78 is 11.9. The highest BCUT2D eigenvalue weighted by atomic mass is 16.5. The lowest BCUT2D eigenvalue weighted by atomic mass is 9.85. The van der Waals surface area contributed by atoms with Crippen molar-refractivity contribution < 1.29 is 9.15 Å². The molecule has 1 aliphatic rings. The van der Waals surface area contributed by atoms with Crippen LogP contribution in [0.25, 0.3) is 0 Å². The molecule has 3 nitrogen and oxygen atoms in total. The first-order valence-corrected chi connectivity index (χ1v) is 8.63. The Labute approximate surface area is 129 Å². The Morgan fingerprint density at radius 1 is 1.33 bits per heavy atom. The van der Waals surface area contributed by atoms with Gasteiger partial charge in [-0.25, -0.2) is 0 Å². The van der Waals surface area contributed by atoms with Crippen LogP contribution in [0.15, 0.2) is 10.5 Å². The van der Waals surface area contributed by atoms with Crippen LogP contribution in [0.1, 0.15) is 69.5 Å². The van der Waals surface area contributed by atoms with Crippen LogP contribution in [0.2, 0.25) is 0 Å². The zero-order chi connectivity index (χ0) is 15.1. The molecular formula is C18H31NO2. The molecule has 0 aromatic carbocycles. The van der Waals surface area contributed by atoms with Crippen LogP contribution < -0.4 is 5.32 Å². The quantitative estimate of drug-likeness (QED) is 0.713. The molecule has 2 unspecified atom stereocenters. The fourth-order valence-electron chi connectivity index (χ4n) is 3.20. The summed E-state index contributed by atoms with van der Waals surface area (Å²) in [4.78, 5) is 0. The van der Waals surface area contributed by atoms with Crippen molar-refractivity contribution >= 4 is 0 Å². The molecule has 0 amide bonds. The molecule has 0 bridgehead atoms. The molecule has 1 heterocycles. The smallest absolute Gasteiger partial charge is 0.130 e. The van der Waals surface area contributed by atoms with Gasteiger partial charge >= 0.3 is 0 Å². The highest BCUT2D eigenvalue weighted by molar-refractivity contribution is 5.20. The van der Waals surface area contributed by atoms with Gasteiger partial charge in [-0.1, -0.05) is 33.1 Å². The van der Waals surface area contributed by atoms with Gasteiger partial charge in [-0.15, -0.1) is 0 Å². The van der Waals surface area contributed by atoms with Crippen molar-refractivity contribution in [3.8, 4) is 0 Å². The number of aryl methyl sites for hydroxylation is 1. The number of furan rings is 1. The van der Waals surface area contributed by atoms with Crippen molar-refractivity contribution in [3.63, 3.8) is 0 Å². The molecule has 1 fully saturated rings. The predicted octanol–water partition coefficient (Wildman–Crippen LogP) is 4.57. The molecule has 1 N–H and O–H groups in total. The number of ether oxygens (including phenoxy) is 1. The summed E-state index contributed by atoms with van der Waals surface area (Å²) in [5, 5.41) is 3.42. The molecule has 0 saturated heterocycles. The molecule has 0 spiro atoms. The molecule has 2 rings (SSSR count). The highest BCUT2D eigenvalue weighted by Crippen LogP contribution is 2.29. The summed E-state index contributed by atoms with van der Waals surface area (Å²) in [6.45, 7) is 9.08. The summed E-state index contributed by atoms with van der Waals surface area (Å²) in [7, 11) is 0. The van der Waals surface area contributed by atoms with E-state index in [0.29, 0.717) is 12.7 Å². The lowest BCUT2D eigenvalue weighted by Crippen LogP contribution is -2.22. The van der Waals surface area contributed by atoms with E-state index in [4.69, 9.17) is 9.15 Å². The van der Waals surface area contributed by atoms with E-state index >= 15 is 0 Å². The molecule has 3 heteroatoms. The maximum Gasteiger partial charge on any atom is 0.130 e. The van der Waals surface area contributed by atoms with E-state index in [1.54, 1.807) is 0 Å². The van der Waals surface area contributed by atoms with Crippen molar-refractivity contribution in [3.05, 3.63) is 23.2 Å². The van der Waals surface area contributed by atoms with E-state index in [2.05, 4.69) is 25.2 Å². The van der Waals surface area contributed by atoms with E-state index in [-0.39, 0.29) is 0 Å². The maximum absolute atomic E-state index is 6.08. The standard InChI is InChI=1S/C18H31NO2/c1-4-9-19-12-16-11-18(21-14(16)3)13-20-17-8-6-7-15(5-2)10-17/h11,15,17,19H,4-10,12-13H2,1-3H3.